The Balaban J connectivity index is 1.12. The van der Waals surface area contributed by atoms with Crippen molar-refractivity contribution in [2.24, 2.45) is 18.9 Å². The molecule has 0 radical (unpaired) electrons. The van der Waals surface area contributed by atoms with Crippen LogP contribution in [0.3, 0.4) is 0 Å². The first-order valence-electron chi connectivity index (χ1n) is 18.3. The molecule has 2 fully saturated rings. The van der Waals surface area contributed by atoms with Crippen LogP contribution in [-0.2, 0) is 7.05 Å². The number of hydrogen-bond acceptors (Lipinski definition) is 1. The highest BCUT2D eigenvalue weighted by atomic mass is 16.3. The number of imidazole rings is 1. The molecular formula is C45H45N2O+. The van der Waals surface area contributed by atoms with Gasteiger partial charge in [0.25, 0.3) is 5.82 Å². The van der Waals surface area contributed by atoms with E-state index >= 15 is 0 Å². The lowest BCUT2D eigenvalue weighted by Crippen LogP contribution is -2.30. The highest BCUT2D eigenvalue weighted by Gasteiger charge is 2.32. The third-order valence-electron chi connectivity index (χ3n) is 11.9. The van der Waals surface area contributed by atoms with E-state index in [1.165, 1.54) is 96.8 Å². The number of aromatic nitrogens is 2. The summed E-state index contributed by atoms with van der Waals surface area (Å²) in [6.07, 6.45) is 12.8. The Kier molecular flexibility index (Phi) is 7.45. The lowest BCUT2D eigenvalue weighted by atomic mass is 9.70. The quantitative estimate of drug-likeness (QED) is 0.174. The lowest BCUT2D eigenvalue weighted by molar-refractivity contribution is -0.633. The standard InChI is InChI=1S/C45H45N2O/c1-30-17-27-39-38-28-24-36(32-13-7-4-8-14-32)29-42(38)48-44(39)43(30)45-46(2)40-15-9-10-16-41(40)47(45)37-25-22-35(23-26-37)34-20-18-33(19-21-34)31-11-5-3-6-12-31/h4,7-10,13-17,22-29,31,33-34H,3,5-6,11-12,18-21H2,1-2H3/q+1. The Morgan fingerprint density at radius 3 is 2.15 bits per heavy atom. The van der Waals surface area contributed by atoms with E-state index in [0.29, 0.717) is 5.92 Å². The molecule has 0 atom stereocenters. The predicted molar refractivity (Wildman–Crippen MR) is 199 cm³/mol. The van der Waals surface area contributed by atoms with E-state index in [4.69, 9.17) is 4.42 Å². The first kappa shape index (κ1) is 29.5. The maximum atomic E-state index is 6.85. The number of hydrogen-bond donors (Lipinski definition) is 0. The average Bonchev–Trinajstić information content (AvgIpc) is 3.67. The second-order valence-electron chi connectivity index (χ2n) is 14.6. The summed E-state index contributed by atoms with van der Waals surface area (Å²) in [5, 5.41) is 2.31. The molecule has 7 aromatic rings. The molecule has 0 aliphatic heterocycles. The number of para-hydroxylation sites is 2. The smallest absolute Gasteiger partial charge is 0.298 e. The molecule has 0 unspecified atom stereocenters. The zero-order chi connectivity index (χ0) is 32.2. The maximum absolute atomic E-state index is 6.85. The lowest BCUT2D eigenvalue weighted by Gasteiger charge is -2.36. The summed E-state index contributed by atoms with van der Waals surface area (Å²) in [5.41, 5.74) is 11.7. The van der Waals surface area contributed by atoms with Gasteiger partial charge in [-0.1, -0.05) is 105 Å². The number of fused-ring (bicyclic) bond motifs is 4. The fourth-order valence-electron chi connectivity index (χ4n) is 9.31. The molecule has 5 aromatic carbocycles. The molecule has 2 saturated carbocycles. The molecule has 0 amide bonds. The normalized spacial score (nSPS) is 19.0. The van der Waals surface area contributed by atoms with E-state index < -0.39 is 0 Å². The van der Waals surface area contributed by atoms with Gasteiger partial charge in [0.1, 0.15) is 16.8 Å². The van der Waals surface area contributed by atoms with Gasteiger partial charge >= 0.3 is 0 Å². The number of aryl methyl sites for hydroxylation is 2. The van der Waals surface area contributed by atoms with Crippen molar-refractivity contribution in [3.8, 4) is 28.2 Å². The van der Waals surface area contributed by atoms with Crippen LogP contribution in [0, 0.1) is 18.8 Å². The summed E-state index contributed by atoms with van der Waals surface area (Å²) in [6.45, 7) is 2.21. The van der Waals surface area contributed by atoms with E-state index in [-0.39, 0.29) is 0 Å². The van der Waals surface area contributed by atoms with E-state index in [2.05, 4.69) is 132 Å². The van der Waals surface area contributed by atoms with Gasteiger partial charge in [0.15, 0.2) is 16.6 Å². The van der Waals surface area contributed by atoms with Crippen molar-refractivity contribution in [2.45, 2.75) is 70.6 Å². The van der Waals surface area contributed by atoms with Crippen molar-refractivity contribution >= 4 is 33.0 Å². The van der Waals surface area contributed by atoms with Crippen molar-refractivity contribution in [1.82, 2.24) is 4.57 Å². The predicted octanol–water partition coefficient (Wildman–Crippen LogP) is 11.9. The molecule has 0 saturated heterocycles. The molecule has 2 aromatic heterocycles. The largest absolute Gasteiger partial charge is 0.455 e. The van der Waals surface area contributed by atoms with Gasteiger partial charge in [-0.15, -0.1) is 0 Å². The molecule has 0 spiro atoms. The van der Waals surface area contributed by atoms with Gasteiger partial charge in [0.2, 0.25) is 0 Å². The topological polar surface area (TPSA) is 21.9 Å². The van der Waals surface area contributed by atoms with Gasteiger partial charge in [-0.3, -0.25) is 0 Å². The van der Waals surface area contributed by atoms with E-state index in [0.717, 1.165) is 45.2 Å². The number of nitrogens with zero attached hydrogens (tertiary/aromatic N) is 2. The zero-order valence-corrected chi connectivity index (χ0v) is 28.3. The zero-order valence-electron chi connectivity index (χ0n) is 28.3. The molecule has 9 rings (SSSR count). The second-order valence-corrected chi connectivity index (χ2v) is 14.6. The fraction of sp³-hybridized carbons (Fsp3) is 0.311. The van der Waals surface area contributed by atoms with E-state index in [1.807, 2.05) is 0 Å². The van der Waals surface area contributed by atoms with Crippen LogP contribution in [0.2, 0.25) is 0 Å². The number of rotatable bonds is 5. The van der Waals surface area contributed by atoms with E-state index in [9.17, 15) is 0 Å². The van der Waals surface area contributed by atoms with Crippen LogP contribution in [0.15, 0.2) is 114 Å². The first-order valence-corrected chi connectivity index (χ1v) is 18.3. The van der Waals surface area contributed by atoms with Crippen LogP contribution in [-0.4, -0.2) is 4.57 Å². The van der Waals surface area contributed by atoms with Gasteiger partial charge in [-0.05, 0) is 109 Å². The minimum absolute atomic E-state index is 0.684. The van der Waals surface area contributed by atoms with Gasteiger partial charge in [-0.2, -0.15) is 4.57 Å². The Bertz CT molecular complexity index is 2240. The molecule has 48 heavy (non-hydrogen) atoms. The molecular weight excluding hydrogens is 585 g/mol. The van der Waals surface area contributed by atoms with Crippen LogP contribution in [0.5, 0.6) is 0 Å². The third-order valence-corrected chi connectivity index (χ3v) is 11.9. The van der Waals surface area contributed by atoms with Crippen LogP contribution in [0.25, 0.3) is 61.2 Å². The highest BCUT2D eigenvalue weighted by molar-refractivity contribution is 6.10. The second kappa shape index (κ2) is 12.1. The Morgan fingerprint density at radius 2 is 1.35 bits per heavy atom. The van der Waals surface area contributed by atoms with Crippen molar-refractivity contribution in [3.63, 3.8) is 0 Å². The van der Waals surface area contributed by atoms with Crippen molar-refractivity contribution in [1.29, 1.82) is 0 Å². The number of benzene rings is 5. The monoisotopic (exact) mass is 629 g/mol. The van der Waals surface area contributed by atoms with Gasteiger partial charge in [-0.25, -0.2) is 4.57 Å². The molecule has 3 heteroatoms. The number of furan rings is 1. The van der Waals surface area contributed by atoms with Gasteiger partial charge in [0.05, 0.1) is 7.05 Å². The third kappa shape index (κ3) is 4.98. The SMILES string of the molecule is Cc1ccc2c(oc3cc(-c4ccccc4)ccc32)c1-c1n(-c2ccc(C3CCC(C4CCCCC4)CC3)cc2)c2ccccc2[n+]1C. The Hall–Kier alpha value is -4.63. The fourth-order valence-corrected chi connectivity index (χ4v) is 9.31. The maximum Gasteiger partial charge on any atom is 0.298 e. The molecule has 0 N–H and O–H groups in total. The van der Waals surface area contributed by atoms with Crippen molar-refractivity contribution in [2.75, 3.05) is 0 Å². The van der Waals surface area contributed by atoms with E-state index in [1.54, 1.807) is 0 Å². The van der Waals surface area contributed by atoms with Gasteiger partial charge < -0.3 is 4.42 Å². The average molecular weight is 630 g/mol. The molecule has 2 aliphatic carbocycles. The van der Waals surface area contributed by atoms with Crippen LogP contribution in [0.4, 0.5) is 0 Å². The van der Waals surface area contributed by atoms with Crippen LogP contribution in [0.1, 0.15) is 74.8 Å². The van der Waals surface area contributed by atoms with Gasteiger partial charge in [0, 0.05) is 10.8 Å². The van der Waals surface area contributed by atoms with Crippen LogP contribution >= 0.6 is 0 Å². The summed E-state index contributed by atoms with van der Waals surface area (Å²) in [4.78, 5) is 0. The van der Waals surface area contributed by atoms with Crippen LogP contribution < -0.4 is 4.57 Å². The molecule has 2 heterocycles. The van der Waals surface area contributed by atoms with Crippen molar-refractivity contribution in [3.05, 3.63) is 120 Å². The molecule has 2 aliphatic rings. The molecule has 0 bridgehead atoms. The summed E-state index contributed by atoms with van der Waals surface area (Å²) in [7, 11) is 2.20. The minimum atomic E-state index is 0.684. The molecule has 240 valence electrons. The Morgan fingerprint density at radius 1 is 0.646 bits per heavy atom. The summed E-state index contributed by atoms with van der Waals surface area (Å²) in [6, 6.07) is 40.0. The Labute approximate surface area is 283 Å². The molecule has 3 nitrogen and oxygen atoms in total. The summed E-state index contributed by atoms with van der Waals surface area (Å²) in [5.74, 6) is 3.78. The van der Waals surface area contributed by atoms with Crippen molar-refractivity contribution < 1.29 is 8.98 Å². The minimum Gasteiger partial charge on any atom is -0.455 e. The summed E-state index contributed by atoms with van der Waals surface area (Å²) >= 11 is 0. The summed E-state index contributed by atoms with van der Waals surface area (Å²) < 4.78 is 11.6. The first-order chi connectivity index (χ1) is 23.6. The highest BCUT2D eigenvalue weighted by Crippen LogP contribution is 2.44.